The van der Waals surface area contributed by atoms with E-state index in [0.29, 0.717) is 50.9 Å². The van der Waals surface area contributed by atoms with Gasteiger partial charge in [0.05, 0.1) is 18.6 Å². The summed E-state index contributed by atoms with van der Waals surface area (Å²) < 4.78 is 34.1. The molecule has 1 aromatic carbocycles. The van der Waals surface area contributed by atoms with Gasteiger partial charge in [0.2, 0.25) is 11.8 Å². The average molecular weight is 666 g/mol. The number of unbranched alkanes of at least 4 members (excludes halogenated alkanes) is 9. The van der Waals surface area contributed by atoms with Crippen LogP contribution in [0.1, 0.15) is 142 Å². The van der Waals surface area contributed by atoms with Crippen molar-refractivity contribution in [2.75, 3.05) is 6.61 Å². The molecule has 0 bridgehead atoms. The third kappa shape index (κ3) is 16.7. The van der Waals surface area contributed by atoms with Crippen LogP contribution in [-0.2, 0) is 20.8 Å². The van der Waals surface area contributed by atoms with E-state index >= 15 is 0 Å². The monoisotopic (exact) mass is 665 g/mol. The van der Waals surface area contributed by atoms with Crippen LogP contribution in [0.25, 0.3) is 0 Å². The first kappa shape index (κ1) is 42.2. The largest absolute Gasteiger partial charge is 0.494 e. The SMILES string of the molecule is CCCCCCCC(F)(F)CCCCCC/C=C/[C@H](C(=O)N[C@@H](Cc1ccc(OCCCC)cc1)C(=O)CC)[C@@](O)(CCC)C(=O)O. The predicted molar refractivity (Wildman–Crippen MR) is 184 cm³/mol. The van der Waals surface area contributed by atoms with Crippen LogP contribution in [-0.4, -0.2) is 52.0 Å². The molecule has 0 aliphatic rings. The number of carbonyl (C=O) groups is 3. The van der Waals surface area contributed by atoms with Gasteiger partial charge in [-0.1, -0.05) is 103 Å². The Morgan fingerprint density at radius 3 is 1.98 bits per heavy atom. The molecule has 47 heavy (non-hydrogen) atoms. The van der Waals surface area contributed by atoms with Crippen LogP contribution in [0.4, 0.5) is 8.78 Å². The summed E-state index contributed by atoms with van der Waals surface area (Å²) in [6.45, 7) is 8.22. The number of rotatable bonds is 28. The van der Waals surface area contributed by atoms with Gasteiger partial charge in [0.1, 0.15) is 5.75 Å². The number of ether oxygens (including phenoxy) is 1. The van der Waals surface area contributed by atoms with E-state index in [1.165, 1.54) is 6.08 Å². The molecule has 0 aromatic heterocycles. The lowest BCUT2D eigenvalue weighted by Gasteiger charge is -2.31. The lowest BCUT2D eigenvalue weighted by molar-refractivity contribution is -0.167. The number of benzene rings is 1. The van der Waals surface area contributed by atoms with Crippen LogP contribution >= 0.6 is 0 Å². The third-order valence-electron chi connectivity index (χ3n) is 8.62. The highest BCUT2D eigenvalue weighted by Crippen LogP contribution is 2.29. The van der Waals surface area contributed by atoms with Crippen LogP contribution in [0.5, 0.6) is 5.75 Å². The van der Waals surface area contributed by atoms with E-state index in [2.05, 4.69) is 19.2 Å². The number of amides is 1. The lowest BCUT2D eigenvalue weighted by atomic mass is 9.82. The number of carbonyl (C=O) groups excluding carboxylic acids is 2. The summed E-state index contributed by atoms with van der Waals surface area (Å²) in [6, 6.07) is 6.40. The van der Waals surface area contributed by atoms with Crippen molar-refractivity contribution >= 4 is 17.7 Å². The van der Waals surface area contributed by atoms with Gasteiger partial charge in [0.15, 0.2) is 11.4 Å². The molecular weight excluding hydrogens is 604 g/mol. The van der Waals surface area contributed by atoms with Gasteiger partial charge in [-0.05, 0) is 62.6 Å². The molecule has 0 fully saturated rings. The van der Waals surface area contributed by atoms with Crippen molar-refractivity contribution in [1.82, 2.24) is 5.32 Å². The van der Waals surface area contributed by atoms with Crippen molar-refractivity contribution in [1.29, 1.82) is 0 Å². The van der Waals surface area contributed by atoms with Crippen molar-refractivity contribution in [3.8, 4) is 5.75 Å². The molecule has 9 heteroatoms. The number of hydrogen-bond donors (Lipinski definition) is 3. The number of ketones is 1. The Labute approximate surface area is 281 Å². The number of aliphatic hydroxyl groups is 1. The molecule has 0 aliphatic heterocycles. The molecular formula is C38H61F2NO6. The Bertz CT molecular complexity index is 1060. The summed E-state index contributed by atoms with van der Waals surface area (Å²) in [7, 11) is 0. The summed E-state index contributed by atoms with van der Waals surface area (Å²) in [4.78, 5) is 38.7. The minimum Gasteiger partial charge on any atom is -0.494 e. The molecule has 0 spiro atoms. The van der Waals surface area contributed by atoms with Gasteiger partial charge >= 0.3 is 5.97 Å². The van der Waals surface area contributed by atoms with Gasteiger partial charge in [0.25, 0.3) is 0 Å². The van der Waals surface area contributed by atoms with E-state index in [0.717, 1.165) is 50.5 Å². The van der Waals surface area contributed by atoms with Gasteiger partial charge in [-0.15, -0.1) is 0 Å². The topological polar surface area (TPSA) is 113 Å². The van der Waals surface area contributed by atoms with Gasteiger partial charge in [-0.2, -0.15) is 0 Å². The fraction of sp³-hybridized carbons (Fsp3) is 0.711. The number of allylic oxidation sites excluding steroid dienone is 1. The van der Waals surface area contributed by atoms with E-state index in [1.807, 2.05) is 24.3 Å². The Hall–Kier alpha value is -2.81. The van der Waals surface area contributed by atoms with Gasteiger partial charge in [-0.3, -0.25) is 9.59 Å². The first-order valence-electron chi connectivity index (χ1n) is 18.0. The second kappa shape index (κ2) is 23.5. The molecule has 0 aliphatic carbocycles. The summed E-state index contributed by atoms with van der Waals surface area (Å²) in [6.07, 6.45) is 13.0. The molecule has 0 unspecified atom stereocenters. The Morgan fingerprint density at radius 1 is 0.830 bits per heavy atom. The number of carboxylic acids is 1. The summed E-state index contributed by atoms with van der Waals surface area (Å²) in [5, 5.41) is 23.9. The lowest BCUT2D eigenvalue weighted by Crippen LogP contribution is -2.54. The number of aliphatic carboxylic acids is 1. The maximum atomic E-state index is 14.2. The molecule has 7 nitrogen and oxygen atoms in total. The number of halogens is 2. The smallest absolute Gasteiger partial charge is 0.336 e. The molecule has 1 rings (SSSR count). The first-order valence-corrected chi connectivity index (χ1v) is 18.0. The number of alkyl halides is 2. The van der Waals surface area contributed by atoms with Crippen LogP contribution < -0.4 is 10.1 Å². The van der Waals surface area contributed by atoms with Crippen molar-refractivity contribution in [3.63, 3.8) is 0 Å². The summed E-state index contributed by atoms with van der Waals surface area (Å²) in [5.74, 6) is -5.78. The number of nitrogens with one attached hydrogen (secondary N) is 1. The molecule has 0 heterocycles. The standard InChI is InChI=1S/C38H61F2NO6/c1-5-9-11-15-18-26-37(39,40)27-19-16-13-12-14-17-20-32(38(46,25-7-3)36(44)45)35(43)41-33(34(42)8-4)29-30-21-23-31(24-22-30)47-28-10-6-2/h17,20-24,32-33,46H,5-16,18-19,25-29H2,1-4H3,(H,41,43)(H,44,45)/b20-17+/t32-,33+,38+/m1/s1. The molecule has 0 saturated heterocycles. The number of Topliss-reactive ketones (excluding diaryl/α,β-unsaturated/α-hetero) is 1. The van der Waals surface area contributed by atoms with Crippen LogP contribution in [0.3, 0.4) is 0 Å². The fourth-order valence-electron chi connectivity index (χ4n) is 5.63. The molecule has 268 valence electrons. The highest BCUT2D eigenvalue weighted by molar-refractivity contribution is 5.94. The molecule has 3 N–H and O–H groups in total. The summed E-state index contributed by atoms with van der Waals surface area (Å²) in [5.41, 5.74) is -1.55. The Balaban J connectivity index is 2.83. The van der Waals surface area contributed by atoms with Crippen molar-refractivity contribution in [3.05, 3.63) is 42.0 Å². The Kier molecular flexibility index (Phi) is 21.1. The maximum Gasteiger partial charge on any atom is 0.336 e. The summed E-state index contributed by atoms with van der Waals surface area (Å²) >= 11 is 0. The zero-order chi connectivity index (χ0) is 35.1. The molecule has 1 aromatic rings. The van der Waals surface area contributed by atoms with Crippen LogP contribution in [0.2, 0.25) is 0 Å². The van der Waals surface area contributed by atoms with Gasteiger partial charge in [-0.25, -0.2) is 13.6 Å². The van der Waals surface area contributed by atoms with Gasteiger partial charge in [0, 0.05) is 19.3 Å². The normalized spacial score (nSPS) is 14.4. The van der Waals surface area contributed by atoms with E-state index in [9.17, 15) is 33.4 Å². The second-order valence-corrected chi connectivity index (χ2v) is 12.8. The maximum absolute atomic E-state index is 14.2. The highest BCUT2D eigenvalue weighted by Gasteiger charge is 2.46. The zero-order valence-electron chi connectivity index (χ0n) is 29.3. The van der Waals surface area contributed by atoms with Crippen molar-refractivity contribution in [2.24, 2.45) is 5.92 Å². The average Bonchev–Trinajstić information content (AvgIpc) is 3.04. The van der Waals surface area contributed by atoms with Crippen LogP contribution in [0.15, 0.2) is 36.4 Å². The third-order valence-corrected chi connectivity index (χ3v) is 8.62. The van der Waals surface area contributed by atoms with E-state index in [-0.39, 0.29) is 37.9 Å². The van der Waals surface area contributed by atoms with Crippen molar-refractivity contribution in [2.45, 2.75) is 161 Å². The van der Waals surface area contributed by atoms with Gasteiger partial charge < -0.3 is 20.3 Å². The quantitative estimate of drug-likeness (QED) is 0.0608. The predicted octanol–water partition coefficient (Wildman–Crippen LogP) is 9.00. The minimum atomic E-state index is -2.63. The molecule has 0 radical (unpaired) electrons. The van der Waals surface area contributed by atoms with E-state index in [4.69, 9.17) is 4.74 Å². The minimum absolute atomic E-state index is 0.0573. The van der Waals surface area contributed by atoms with E-state index in [1.54, 1.807) is 19.9 Å². The fourth-order valence-corrected chi connectivity index (χ4v) is 5.63. The van der Waals surface area contributed by atoms with E-state index < -0.39 is 35.4 Å². The number of carboxylic acid groups (broad SMARTS) is 1. The highest BCUT2D eigenvalue weighted by atomic mass is 19.3. The van der Waals surface area contributed by atoms with Crippen molar-refractivity contribution < 1.29 is 38.1 Å². The zero-order valence-corrected chi connectivity index (χ0v) is 29.3. The van der Waals surface area contributed by atoms with Crippen LogP contribution in [0, 0.1) is 5.92 Å². The second-order valence-electron chi connectivity index (χ2n) is 12.8. The molecule has 1 amide bonds. The molecule has 0 saturated carbocycles. The number of hydrogen-bond acceptors (Lipinski definition) is 5. The first-order chi connectivity index (χ1) is 22.4. The Morgan fingerprint density at radius 2 is 1.43 bits per heavy atom. The molecule has 3 atom stereocenters.